The van der Waals surface area contributed by atoms with Crippen LogP contribution in [0.25, 0.3) is 0 Å². The number of benzene rings is 3. The molecule has 0 atom stereocenters. The second-order valence-electron chi connectivity index (χ2n) is 5.96. The van der Waals surface area contributed by atoms with Crippen molar-refractivity contribution in [2.24, 2.45) is 5.10 Å². The monoisotopic (exact) mass is 451 g/mol. The van der Waals surface area contributed by atoms with Gasteiger partial charge in [0.2, 0.25) is 0 Å². The van der Waals surface area contributed by atoms with E-state index in [1.165, 1.54) is 24.4 Å². The minimum absolute atomic E-state index is 0.185. The highest BCUT2D eigenvalue weighted by Crippen LogP contribution is 2.26. The molecular formula is C22H15BrFN3O2. The number of nitrogens with one attached hydrogen (secondary N) is 1. The number of nitriles is 1. The van der Waals surface area contributed by atoms with Crippen molar-refractivity contribution in [1.29, 1.82) is 5.26 Å². The van der Waals surface area contributed by atoms with Gasteiger partial charge in [-0.2, -0.15) is 10.4 Å². The molecule has 1 amide bonds. The Morgan fingerprint density at radius 3 is 2.76 bits per heavy atom. The van der Waals surface area contributed by atoms with Gasteiger partial charge in [-0.15, -0.1) is 0 Å². The van der Waals surface area contributed by atoms with Crippen molar-refractivity contribution in [1.82, 2.24) is 5.43 Å². The molecule has 0 unspecified atom stereocenters. The Kier molecular flexibility index (Phi) is 6.72. The van der Waals surface area contributed by atoms with E-state index >= 15 is 0 Å². The van der Waals surface area contributed by atoms with Crippen LogP contribution in [0.15, 0.2) is 76.3 Å². The number of carbonyl (C=O) groups excluding carboxylic acids is 1. The Labute approximate surface area is 175 Å². The SMILES string of the molecule is N#Cc1ccccc1COc1ccc(/C=N\NC(=O)c2cccc(F)c2)cc1Br. The standard InChI is InChI=1S/C22H15BrFN3O2/c23-20-10-15(13-26-27-22(28)16-6-3-7-19(24)11-16)8-9-21(20)29-14-18-5-2-1-4-17(18)12-25/h1-11,13H,14H2,(H,27,28)/b26-13-. The van der Waals surface area contributed by atoms with Crippen molar-refractivity contribution in [3.8, 4) is 11.8 Å². The van der Waals surface area contributed by atoms with E-state index in [4.69, 9.17) is 10.00 Å². The molecule has 0 aliphatic carbocycles. The lowest BCUT2D eigenvalue weighted by atomic mass is 10.1. The lowest BCUT2D eigenvalue weighted by Gasteiger charge is -2.10. The highest BCUT2D eigenvalue weighted by atomic mass is 79.9. The Bertz CT molecular complexity index is 1110. The van der Waals surface area contributed by atoms with E-state index in [1.807, 2.05) is 12.1 Å². The van der Waals surface area contributed by atoms with E-state index < -0.39 is 11.7 Å². The van der Waals surface area contributed by atoms with E-state index in [9.17, 15) is 9.18 Å². The summed E-state index contributed by atoms with van der Waals surface area (Å²) in [6, 6.07) is 20.1. The zero-order valence-corrected chi connectivity index (χ0v) is 16.7. The number of carbonyl (C=O) groups is 1. The molecule has 1 N–H and O–H groups in total. The van der Waals surface area contributed by atoms with Crippen molar-refractivity contribution in [3.63, 3.8) is 0 Å². The summed E-state index contributed by atoms with van der Waals surface area (Å²) in [6.07, 6.45) is 1.47. The average molecular weight is 452 g/mol. The lowest BCUT2D eigenvalue weighted by molar-refractivity contribution is 0.0954. The number of hydrogen-bond donors (Lipinski definition) is 1. The maximum absolute atomic E-state index is 13.2. The maximum atomic E-state index is 13.2. The van der Waals surface area contributed by atoms with E-state index in [0.717, 1.165) is 17.2 Å². The van der Waals surface area contributed by atoms with Gasteiger partial charge >= 0.3 is 0 Å². The molecule has 3 aromatic carbocycles. The molecule has 0 bridgehead atoms. The Morgan fingerprint density at radius 1 is 1.17 bits per heavy atom. The summed E-state index contributed by atoms with van der Waals surface area (Å²) in [4.78, 5) is 11.9. The number of amides is 1. The van der Waals surface area contributed by atoms with Gasteiger partial charge in [0.15, 0.2) is 0 Å². The topological polar surface area (TPSA) is 74.5 Å². The molecule has 3 aromatic rings. The Morgan fingerprint density at radius 2 is 2.00 bits per heavy atom. The van der Waals surface area contributed by atoms with Gasteiger partial charge in [-0.1, -0.05) is 24.3 Å². The van der Waals surface area contributed by atoms with E-state index in [1.54, 1.807) is 30.3 Å². The van der Waals surface area contributed by atoms with Gasteiger partial charge in [0.1, 0.15) is 18.2 Å². The summed E-state index contributed by atoms with van der Waals surface area (Å²) in [5.41, 5.74) is 4.63. The van der Waals surface area contributed by atoms with Gasteiger partial charge < -0.3 is 4.74 Å². The molecule has 7 heteroatoms. The quantitative estimate of drug-likeness (QED) is 0.431. The third-order valence-corrected chi connectivity index (χ3v) is 4.56. The number of ether oxygens (including phenoxy) is 1. The van der Waals surface area contributed by atoms with Crippen molar-refractivity contribution in [3.05, 3.63) is 99.3 Å². The van der Waals surface area contributed by atoms with Crippen LogP contribution in [-0.2, 0) is 6.61 Å². The molecule has 0 aliphatic rings. The summed E-state index contributed by atoms with van der Waals surface area (Å²) in [7, 11) is 0. The first kappa shape index (κ1) is 20.2. The van der Waals surface area contributed by atoms with Gasteiger partial charge in [-0.05, 0) is 64.0 Å². The summed E-state index contributed by atoms with van der Waals surface area (Å²) >= 11 is 3.44. The Balaban J connectivity index is 1.61. The number of hydrazone groups is 1. The van der Waals surface area contributed by atoms with Gasteiger partial charge in [0.05, 0.1) is 22.3 Å². The summed E-state index contributed by atoms with van der Waals surface area (Å²) in [5.74, 6) is -0.381. The number of rotatable bonds is 6. The van der Waals surface area contributed by atoms with Crippen LogP contribution in [0.2, 0.25) is 0 Å². The van der Waals surface area contributed by atoms with Crippen molar-refractivity contribution < 1.29 is 13.9 Å². The molecule has 0 heterocycles. The molecule has 144 valence electrons. The molecule has 0 fully saturated rings. The summed E-state index contributed by atoms with van der Waals surface area (Å²) < 4.78 is 19.6. The van der Waals surface area contributed by atoms with Crippen LogP contribution in [0.5, 0.6) is 5.75 Å². The van der Waals surface area contributed by atoms with E-state index in [-0.39, 0.29) is 12.2 Å². The number of nitrogens with zero attached hydrogens (tertiary/aromatic N) is 2. The molecule has 0 radical (unpaired) electrons. The molecule has 5 nitrogen and oxygen atoms in total. The molecule has 0 aromatic heterocycles. The van der Waals surface area contributed by atoms with Gasteiger partial charge in [0, 0.05) is 11.1 Å². The van der Waals surface area contributed by atoms with Crippen LogP contribution in [0.4, 0.5) is 4.39 Å². The minimum Gasteiger partial charge on any atom is -0.488 e. The molecule has 0 saturated heterocycles. The lowest BCUT2D eigenvalue weighted by Crippen LogP contribution is -2.17. The van der Waals surface area contributed by atoms with E-state index in [2.05, 4.69) is 32.5 Å². The Hall–Kier alpha value is -3.50. The zero-order valence-electron chi connectivity index (χ0n) is 15.1. The van der Waals surface area contributed by atoms with Gasteiger partial charge in [0.25, 0.3) is 5.91 Å². The summed E-state index contributed by atoms with van der Waals surface area (Å²) in [6.45, 7) is 0.263. The molecule has 0 spiro atoms. The normalized spacial score (nSPS) is 10.5. The predicted octanol–water partition coefficient (Wildman–Crippen LogP) is 4.80. The first-order valence-corrected chi connectivity index (χ1v) is 9.35. The van der Waals surface area contributed by atoms with Crippen molar-refractivity contribution in [2.45, 2.75) is 6.61 Å². The first-order valence-electron chi connectivity index (χ1n) is 8.56. The average Bonchev–Trinajstić information content (AvgIpc) is 2.73. The van der Waals surface area contributed by atoms with Crippen LogP contribution in [-0.4, -0.2) is 12.1 Å². The molecule has 0 aliphatic heterocycles. The minimum atomic E-state index is -0.504. The summed E-state index contributed by atoms with van der Waals surface area (Å²) in [5, 5.41) is 13.0. The van der Waals surface area contributed by atoms with Gasteiger partial charge in [-0.3, -0.25) is 4.79 Å². The van der Waals surface area contributed by atoms with Crippen molar-refractivity contribution in [2.75, 3.05) is 0 Å². The fourth-order valence-corrected chi connectivity index (χ4v) is 3.00. The highest BCUT2D eigenvalue weighted by molar-refractivity contribution is 9.10. The highest BCUT2D eigenvalue weighted by Gasteiger charge is 2.07. The number of halogens is 2. The van der Waals surface area contributed by atoms with Crippen LogP contribution in [0, 0.1) is 17.1 Å². The predicted molar refractivity (Wildman–Crippen MR) is 111 cm³/mol. The second-order valence-corrected chi connectivity index (χ2v) is 6.81. The number of hydrogen-bond acceptors (Lipinski definition) is 4. The molecule has 29 heavy (non-hydrogen) atoms. The fourth-order valence-electron chi connectivity index (χ4n) is 2.48. The van der Waals surface area contributed by atoms with E-state index in [0.29, 0.717) is 15.8 Å². The van der Waals surface area contributed by atoms with Gasteiger partial charge in [-0.25, -0.2) is 9.82 Å². The van der Waals surface area contributed by atoms with Crippen LogP contribution >= 0.6 is 15.9 Å². The fraction of sp³-hybridized carbons (Fsp3) is 0.0455. The smallest absolute Gasteiger partial charge is 0.271 e. The van der Waals surface area contributed by atoms with Crippen LogP contribution < -0.4 is 10.2 Å². The zero-order chi connectivity index (χ0) is 20.6. The van der Waals surface area contributed by atoms with Crippen LogP contribution in [0.1, 0.15) is 27.0 Å². The molecular weight excluding hydrogens is 437 g/mol. The van der Waals surface area contributed by atoms with Crippen LogP contribution in [0.3, 0.4) is 0 Å². The third-order valence-electron chi connectivity index (χ3n) is 3.94. The first-order chi connectivity index (χ1) is 14.1. The molecule has 0 saturated carbocycles. The van der Waals surface area contributed by atoms with Crippen molar-refractivity contribution >= 4 is 28.1 Å². The third kappa shape index (κ3) is 5.50. The second kappa shape index (κ2) is 9.62. The maximum Gasteiger partial charge on any atom is 0.271 e. The molecule has 3 rings (SSSR count). The largest absolute Gasteiger partial charge is 0.488 e.